The summed E-state index contributed by atoms with van der Waals surface area (Å²) < 4.78 is 7.45. The Morgan fingerprint density at radius 1 is 1.31 bits per heavy atom. The van der Waals surface area contributed by atoms with Gasteiger partial charge in [0.1, 0.15) is 17.4 Å². The highest BCUT2D eigenvalue weighted by molar-refractivity contribution is 7.18. The molecule has 3 rings (SSSR count). The number of rotatable bonds is 6. The molecule has 154 valence electrons. The molecule has 0 bridgehead atoms. The number of carbonyl (C=O) groups excluding carboxylic acids is 2. The van der Waals surface area contributed by atoms with Gasteiger partial charge in [0.05, 0.1) is 18.2 Å². The molecule has 3 aromatic rings. The number of esters is 1. The van der Waals surface area contributed by atoms with E-state index in [2.05, 4.69) is 20.7 Å². The lowest BCUT2D eigenvalue weighted by atomic mass is 10.2. The molecule has 0 fully saturated rings. The fourth-order valence-electron chi connectivity index (χ4n) is 2.99. The van der Waals surface area contributed by atoms with Gasteiger partial charge in [-0.05, 0) is 32.8 Å². The van der Waals surface area contributed by atoms with Crippen molar-refractivity contribution in [1.29, 1.82) is 0 Å². The lowest BCUT2D eigenvalue weighted by molar-refractivity contribution is -0.119. The van der Waals surface area contributed by atoms with Crippen LogP contribution in [0.25, 0.3) is 10.2 Å². The van der Waals surface area contributed by atoms with E-state index in [0.29, 0.717) is 16.6 Å². The highest BCUT2D eigenvalue weighted by atomic mass is 32.1. The van der Waals surface area contributed by atoms with Crippen LogP contribution in [0, 0.1) is 13.8 Å². The van der Waals surface area contributed by atoms with E-state index in [9.17, 15) is 14.4 Å². The second-order valence-corrected chi connectivity index (χ2v) is 7.67. The first-order chi connectivity index (χ1) is 13.8. The molecule has 3 heterocycles. The molecule has 0 aliphatic carbocycles. The average Bonchev–Trinajstić information content (AvgIpc) is 3.18. The van der Waals surface area contributed by atoms with Gasteiger partial charge < -0.3 is 10.1 Å². The van der Waals surface area contributed by atoms with E-state index in [4.69, 9.17) is 4.74 Å². The van der Waals surface area contributed by atoms with Gasteiger partial charge in [0.15, 0.2) is 4.83 Å². The maximum absolute atomic E-state index is 13.0. The maximum atomic E-state index is 13.0. The third kappa shape index (κ3) is 3.65. The molecule has 0 aliphatic rings. The van der Waals surface area contributed by atoms with Crippen LogP contribution in [0.4, 0.5) is 5.82 Å². The number of aryl methyl sites for hydroxylation is 3. The predicted molar refractivity (Wildman–Crippen MR) is 108 cm³/mol. The molecule has 0 spiro atoms. The minimum absolute atomic E-state index is 0.135. The zero-order chi connectivity index (χ0) is 21.3. The molecular formula is C18H22N6O4S. The number of anilines is 1. The van der Waals surface area contributed by atoms with Crippen molar-refractivity contribution in [3.63, 3.8) is 0 Å². The molecule has 0 aromatic carbocycles. The molecule has 11 heteroatoms. The lowest BCUT2D eigenvalue weighted by Gasteiger charge is -2.16. The normalized spacial score (nSPS) is 12.2. The Morgan fingerprint density at radius 3 is 2.69 bits per heavy atom. The molecule has 0 radical (unpaired) electrons. The number of hydrogen-bond donors (Lipinski definition) is 1. The molecule has 29 heavy (non-hydrogen) atoms. The van der Waals surface area contributed by atoms with Crippen LogP contribution in [0.2, 0.25) is 0 Å². The van der Waals surface area contributed by atoms with Crippen LogP contribution >= 0.6 is 11.3 Å². The second kappa shape index (κ2) is 8.11. The molecule has 1 N–H and O–H groups in total. The molecule has 0 saturated heterocycles. The summed E-state index contributed by atoms with van der Waals surface area (Å²) in [4.78, 5) is 39.6. The van der Waals surface area contributed by atoms with Crippen molar-refractivity contribution in [3.05, 3.63) is 32.6 Å². The molecule has 1 unspecified atom stereocenters. The zero-order valence-electron chi connectivity index (χ0n) is 16.8. The van der Waals surface area contributed by atoms with Crippen LogP contribution in [0.1, 0.15) is 47.1 Å². The van der Waals surface area contributed by atoms with E-state index >= 15 is 0 Å². The third-order valence-corrected chi connectivity index (χ3v) is 5.77. The Labute approximate surface area is 170 Å². The molecule has 10 nitrogen and oxygen atoms in total. The summed E-state index contributed by atoms with van der Waals surface area (Å²) in [5.41, 5.74) is 0.607. The highest BCUT2D eigenvalue weighted by Gasteiger charge is 2.27. The first kappa shape index (κ1) is 20.6. The van der Waals surface area contributed by atoms with Crippen LogP contribution in [0.15, 0.2) is 11.0 Å². The van der Waals surface area contributed by atoms with Crippen molar-refractivity contribution < 1.29 is 14.3 Å². The summed E-state index contributed by atoms with van der Waals surface area (Å²) in [5, 5.41) is 15.3. The van der Waals surface area contributed by atoms with Gasteiger partial charge in [0.2, 0.25) is 0 Å². The Balaban J connectivity index is 1.97. The van der Waals surface area contributed by atoms with E-state index in [1.165, 1.54) is 22.2 Å². The molecule has 0 aliphatic heterocycles. The summed E-state index contributed by atoms with van der Waals surface area (Å²) in [7, 11) is 1.59. The van der Waals surface area contributed by atoms with E-state index in [0.717, 1.165) is 15.1 Å². The maximum Gasteiger partial charge on any atom is 0.343 e. The Kier molecular flexibility index (Phi) is 5.78. The summed E-state index contributed by atoms with van der Waals surface area (Å²) in [6, 6.07) is -0.899. The molecule has 1 amide bonds. The number of aromatic nitrogens is 5. The second-order valence-electron chi connectivity index (χ2n) is 6.47. The van der Waals surface area contributed by atoms with Crippen LogP contribution in [-0.2, 0) is 16.6 Å². The number of ether oxygens (including phenoxy) is 1. The van der Waals surface area contributed by atoms with Crippen molar-refractivity contribution in [2.45, 2.75) is 40.2 Å². The van der Waals surface area contributed by atoms with Crippen LogP contribution in [0.5, 0.6) is 0 Å². The Morgan fingerprint density at radius 2 is 2.03 bits per heavy atom. The van der Waals surface area contributed by atoms with Gasteiger partial charge in [-0.2, -0.15) is 9.78 Å². The highest BCUT2D eigenvalue weighted by Crippen LogP contribution is 2.26. The van der Waals surface area contributed by atoms with Gasteiger partial charge in [0, 0.05) is 11.9 Å². The van der Waals surface area contributed by atoms with Gasteiger partial charge in [-0.25, -0.2) is 4.79 Å². The van der Waals surface area contributed by atoms with Crippen LogP contribution in [0.3, 0.4) is 0 Å². The van der Waals surface area contributed by atoms with Crippen molar-refractivity contribution in [1.82, 2.24) is 24.8 Å². The van der Waals surface area contributed by atoms with Crippen molar-refractivity contribution in [2.75, 3.05) is 11.9 Å². The average molecular weight is 418 g/mol. The summed E-state index contributed by atoms with van der Waals surface area (Å²) >= 11 is 1.39. The first-order valence-corrected chi connectivity index (χ1v) is 9.96. The molecular weight excluding hydrogens is 396 g/mol. The number of nitrogens with one attached hydrogen (secondary N) is 1. The molecule has 1 atom stereocenters. The first-order valence-electron chi connectivity index (χ1n) is 9.15. The number of hydrogen-bond acceptors (Lipinski definition) is 8. The quantitative estimate of drug-likeness (QED) is 0.608. The minimum Gasteiger partial charge on any atom is -0.462 e. The Bertz CT molecular complexity index is 1150. The fraction of sp³-hybridized carbons (Fsp3) is 0.444. The van der Waals surface area contributed by atoms with E-state index < -0.39 is 17.9 Å². The summed E-state index contributed by atoms with van der Waals surface area (Å²) in [6.45, 7) is 7.42. The monoisotopic (exact) mass is 418 g/mol. The largest absolute Gasteiger partial charge is 0.462 e. The van der Waals surface area contributed by atoms with E-state index in [1.807, 2.05) is 13.8 Å². The van der Waals surface area contributed by atoms with Gasteiger partial charge in [-0.3, -0.25) is 14.3 Å². The van der Waals surface area contributed by atoms with Crippen LogP contribution in [-0.4, -0.2) is 43.3 Å². The van der Waals surface area contributed by atoms with Crippen molar-refractivity contribution >= 4 is 39.2 Å². The van der Waals surface area contributed by atoms with Gasteiger partial charge >= 0.3 is 5.97 Å². The fourth-order valence-corrected chi connectivity index (χ4v) is 3.96. The standard InChI is InChI=1S/C18H22N6O4S/c1-6-12(24-17(26)13-9(3)10(4)29-16(13)21-22-24)15(25)20-14-11(8-19-23(14)5)18(27)28-7-2/h8,12H,6-7H2,1-5H3,(H,20,25). The van der Waals surface area contributed by atoms with Gasteiger partial charge in [0.25, 0.3) is 11.5 Å². The number of amides is 1. The molecule has 3 aromatic heterocycles. The van der Waals surface area contributed by atoms with Crippen LogP contribution < -0.4 is 10.9 Å². The summed E-state index contributed by atoms with van der Waals surface area (Å²) in [6.07, 6.45) is 1.63. The third-order valence-electron chi connectivity index (χ3n) is 4.68. The number of nitrogens with zero attached hydrogens (tertiary/aromatic N) is 5. The van der Waals surface area contributed by atoms with E-state index in [1.54, 1.807) is 20.9 Å². The lowest BCUT2D eigenvalue weighted by Crippen LogP contribution is -2.36. The predicted octanol–water partition coefficient (Wildman–Crippen LogP) is 1.97. The van der Waals surface area contributed by atoms with Crippen molar-refractivity contribution in [2.24, 2.45) is 7.05 Å². The number of carbonyl (C=O) groups is 2. The topological polar surface area (TPSA) is 121 Å². The summed E-state index contributed by atoms with van der Waals surface area (Å²) in [5.74, 6) is -0.898. The van der Waals surface area contributed by atoms with Gasteiger partial charge in [-0.15, -0.1) is 16.4 Å². The Hall–Kier alpha value is -3.08. The van der Waals surface area contributed by atoms with Crippen molar-refractivity contribution in [3.8, 4) is 0 Å². The smallest absolute Gasteiger partial charge is 0.343 e. The SMILES string of the molecule is CCOC(=O)c1cnn(C)c1NC(=O)C(CC)n1nnc2sc(C)c(C)c2c1=O. The van der Waals surface area contributed by atoms with Gasteiger partial charge in [-0.1, -0.05) is 12.1 Å². The number of fused-ring (bicyclic) bond motifs is 1. The van der Waals surface area contributed by atoms with E-state index in [-0.39, 0.29) is 23.5 Å². The number of thiophene rings is 1. The molecule has 0 saturated carbocycles. The zero-order valence-corrected chi connectivity index (χ0v) is 17.7. The minimum atomic E-state index is -0.899.